The fraction of sp³-hybridized carbons (Fsp3) is 1.00. The lowest BCUT2D eigenvalue weighted by molar-refractivity contribution is 0.0588. The Kier molecular flexibility index (Phi) is 13.0. The zero-order chi connectivity index (χ0) is 14.4. The van der Waals surface area contributed by atoms with Crippen LogP contribution in [0.3, 0.4) is 0 Å². The van der Waals surface area contributed by atoms with Crippen LogP contribution >= 0.6 is 0 Å². The highest BCUT2D eigenvalue weighted by atomic mass is 28.4. The topological polar surface area (TPSA) is 65.7 Å². The first-order valence-electron chi connectivity index (χ1n) is 7.57. The van der Waals surface area contributed by atoms with Gasteiger partial charge in [0.1, 0.15) is 0 Å². The molecule has 0 fully saturated rings. The van der Waals surface area contributed by atoms with Gasteiger partial charge in [-0.05, 0) is 32.2 Å². The van der Waals surface area contributed by atoms with Crippen LogP contribution in [0, 0.1) is 0 Å². The van der Waals surface area contributed by atoms with Gasteiger partial charge in [0.25, 0.3) is 0 Å². The number of hydrogen-bond donors (Lipinski definition) is 2. The van der Waals surface area contributed by atoms with Gasteiger partial charge in [-0.1, -0.05) is 20.8 Å². The molecule has 0 aliphatic heterocycles. The monoisotopic (exact) mass is 292 g/mol. The van der Waals surface area contributed by atoms with Crippen LogP contribution in [0.1, 0.15) is 46.5 Å². The number of hydrogen-bond acceptors (Lipinski definition) is 5. The van der Waals surface area contributed by atoms with E-state index in [1.165, 1.54) is 0 Å². The van der Waals surface area contributed by atoms with E-state index in [1.807, 2.05) is 0 Å². The fourth-order valence-electron chi connectivity index (χ4n) is 1.65. The van der Waals surface area contributed by atoms with E-state index in [0.717, 1.165) is 38.3 Å². The Bertz CT molecular complexity index is 175. The summed E-state index contributed by atoms with van der Waals surface area (Å²) in [6.07, 6.45) is 3.93. The Hall–Kier alpha value is 0.0169. The molecule has 0 heterocycles. The van der Waals surface area contributed by atoms with Crippen LogP contribution in [0.2, 0.25) is 6.04 Å². The molecule has 116 valence electrons. The first-order chi connectivity index (χ1) is 9.24. The van der Waals surface area contributed by atoms with Crippen molar-refractivity contribution < 1.29 is 13.3 Å². The molecule has 0 aliphatic carbocycles. The van der Waals surface area contributed by atoms with Crippen LogP contribution in [0.25, 0.3) is 0 Å². The van der Waals surface area contributed by atoms with Gasteiger partial charge in [-0.25, -0.2) is 0 Å². The SMILES string of the molecule is CCCO[Si](CCCNCN)(OCCC)OCCC. The van der Waals surface area contributed by atoms with Crippen LogP contribution in [0.15, 0.2) is 0 Å². The molecule has 0 unspecified atom stereocenters. The van der Waals surface area contributed by atoms with Crippen molar-refractivity contribution in [3.8, 4) is 0 Å². The van der Waals surface area contributed by atoms with Gasteiger partial charge in [0.2, 0.25) is 0 Å². The van der Waals surface area contributed by atoms with Crippen molar-refractivity contribution in [1.82, 2.24) is 5.32 Å². The van der Waals surface area contributed by atoms with Crippen molar-refractivity contribution in [3.63, 3.8) is 0 Å². The highest BCUT2D eigenvalue weighted by Gasteiger charge is 2.40. The third-order valence-electron chi connectivity index (χ3n) is 2.56. The van der Waals surface area contributed by atoms with Gasteiger partial charge in [-0.2, -0.15) is 0 Å². The van der Waals surface area contributed by atoms with Gasteiger partial charge >= 0.3 is 8.80 Å². The minimum Gasteiger partial charge on any atom is -0.373 e. The summed E-state index contributed by atoms with van der Waals surface area (Å²) in [5.41, 5.74) is 5.43. The van der Waals surface area contributed by atoms with E-state index in [-0.39, 0.29) is 0 Å². The zero-order valence-corrected chi connectivity index (χ0v) is 13.9. The van der Waals surface area contributed by atoms with E-state index in [9.17, 15) is 0 Å². The lowest BCUT2D eigenvalue weighted by atomic mass is 10.5. The molecule has 3 N–H and O–H groups in total. The lowest BCUT2D eigenvalue weighted by Crippen LogP contribution is -2.47. The zero-order valence-electron chi connectivity index (χ0n) is 12.9. The van der Waals surface area contributed by atoms with Crippen LogP contribution in [0.5, 0.6) is 0 Å². The maximum absolute atomic E-state index is 6.00. The molecule has 0 aliphatic rings. The third-order valence-corrected chi connectivity index (χ3v) is 5.46. The van der Waals surface area contributed by atoms with Gasteiger partial charge < -0.3 is 24.3 Å². The Morgan fingerprint density at radius 2 is 1.37 bits per heavy atom. The van der Waals surface area contributed by atoms with E-state index in [1.54, 1.807) is 0 Å². The Balaban J connectivity index is 4.38. The fourth-order valence-corrected chi connectivity index (χ4v) is 4.48. The van der Waals surface area contributed by atoms with Crippen molar-refractivity contribution in [2.24, 2.45) is 5.73 Å². The molecule has 0 rings (SSSR count). The quantitative estimate of drug-likeness (QED) is 0.292. The van der Waals surface area contributed by atoms with Gasteiger partial charge in [0.15, 0.2) is 0 Å². The summed E-state index contributed by atoms with van der Waals surface area (Å²) in [6.45, 7) is 9.85. The van der Waals surface area contributed by atoms with Gasteiger partial charge in [-0.3, -0.25) is 0 Å². The minimum absolute atomic E-state index is 0.510. The van der Waals surface area contributed by atoms with Crippen LogP contribution in [-0.4, -0.2) is 41.8 Å². The highest BCUT2D eigenvalue weighted by molar-refractivity contribution is 6.60. The highest BCUT2D eigenvalue weighted by Crippen LogP contribution is 2.19. The number of nitrogens with one attached hydrogen (secondary N) is 1. The van der Waals surface area contributed by atoms with Crippen molar-refractivity contribution in [1.29, 1.82) is 0 Å². The molecular formula is C13H32N2O3Si. The Labute approximate surface area is 119 Å². The van der Waals surface area contributed by atoms with E-state index in [2.05, 4.69) is 26.1 Å². The second-order valence-electron chi connectivity index (χ2n) is 4.54. The largest absolute Gasteiger partial charge is 0.501 e. The first-order valence-corrected chi connectivity index (χ1v) is 9.50. The molecule has 0 saturated heterocycles. The van der Waals surface area contributed by atoms with Gasteiger partial charge in [0.05, 0.1) is 0 Å². The summed E-state index contributed by atoms with van der Waals surface area (Å²) in [5, 5.41) is 3.12. The molecule has 0 amide bonds. The second kappa shape index (κ2) is 13.0. The van der Waals surface area contributed by atoms with Crippen molar-refractivity contribution in [3.05, 3.63) is 0 Å². The summed E-state index contributed by atoms with van der Waals surface area (Å²) >= 11 is 0. The third kappa shape index (κ3) is 9.54. The molecular weight excluding hydrogens is 260 g/mol. The second-order valence-corrected chi connectivity index (χ2v) is 7.27. The Morgan fingerprint density at radius 3 is 1.74 bits per heavy atom. The Morgan fingerprint density at radius 1 is 0.895 bits per heavy atom. The average Bonchev–Trinajstić information content (AvgIpc) is 2.44. The standard InChI is InChI=1S/C13H32N2O3Si/c1-4-9-16-19(17-10-5-2,18-11-6-3)12-7-8-15-13-14/h15H,4-14H2,1-3H3. The van der Waals surface area contributed by atoms with Crippen LogP contribution in [-0.2, 0) is 13.3 Å². The molecule has 0 aromatic heterocycles. The predicted molar refractivity (Wildman–Crippen MR) is 81.0 cm³/mol. The van der Waals surface area contributed by atoms with Crippen molar-refractivity contribution in [2.45, 2.75) is 52.5 Å². The van der Waals surface area contributed by atoms with E-state index < -0.39 is 8.80 Å². The molecule has 0 bridgehead atoms. The summed E-state index contributed by atoms with van der Waals surface area (Å²) < 4.78 is 18.0. The normalized spacial score (nSPS) is 12.0. The molecule has 0 aromatic carbocycles. The lowest BCUT2D eigenvalue weighted by Gasteiger charge is -2.29. The molecule has 6 heteroatoms. The maximum atomic E-state index is 6.00. The first kappa shape index (κ1) is 19.0. The molecule has 0 aromatic rings. The van der Waals surface area contributed by atoms with E-state index >= 15 is 0 Å². The van der Waals surface area contributed by atoms with Gasteiger partial charge in [0, 0.05) is 32.5 Å². The van der Waals surface area contributed by atoms with Crippen molar-refractivity contribution >= 4 is 8.80 Å². The predicted octanol–water partition coefficient (Wildman–Crippen LogP) is 2.10. The summed E-state index contributed by atoms with van der Waals surface area (Å²) in [6, 6.07) is 0.861. The summed E-state index contributed by atoms with van der Waals surface area (Å²) in [5.74, 6) is 0. The molecule has 0 saturated carbocycles. The average molecular weight is 292 g/mol. The smallest absolute Gasteiger partial charge is 0.373 e. The minimum atomic E-state index is -2.49. The summed E-state index contributed by atoms with van der Waals surface area (Å²) in [7, 11) is -2.49. The summed E-state index contributed by atoms with van der Waals surface area (Å²) in [4.78, 5) is 0. The molecule has 0 spiro atoms. The number of nitrogens with two attached hydrogens (primary N) is 1. The van der Waals surface area contributed by atoms with Gasteiger partial charge in [-0.15, -0.1) is 0 Å². The van der Waals surface area contributed by atoms with Crippen LogP contribution in [0.4, 0.5) is 0 Å². The molecule has 5 nitrogen and oxygen atoms in total. The van der Waals surface area contributed by atoms with E-state index in [4.69, 9.17) is 19.0 Å². The molecule has 0 atom stereocenters. The maximum Gasteiger partial charge on any atom is 0.501 e. The van der Waals surface area contributed by atoms with Crippen LogP contribution < -0.4 is 11.1 Å². The molecule has 19 heavy (non-hydrogen) atoms. The number of rotatable bonds is 14. The molecule has 0 radical (unpaired) electrons. The van der Waals surface area contributed by atoms with E-state index in [0.29, 0.717) is 26.5 Å². The van der Waals surface area contributed by atoms with Crippen molar-refractivity contribution in [2.75, 3.05) is 33.0 Å².